The summed E-state index contributed by atoms with van der Waals surface area (Å²) in [5, 5.41) is 0.737. The molecule has 1 heterocycles. The Bertz CT molecular complexity index is 1420. The van der Waals surface area contributed by atoms with Crippen LogP contribution in [0.3, 0.4) is 0 Å². The van der Waals surface area contributed by atoms with Crippen molar-refractivity contribution in [2.75, 3.05) is 72.7 Å². The zero-order chi connectivity index (χ0) is 35.9. The van der Waals surface area contributed by atoms with E-state index in [0.717, 1.165) is 117 Å². The summed E-state index contributed by atoms with van der Waals surface area (Å²) in [5.74, 6) is 4.13. The largest absolute Gasteiger partial charge is 0.496 e. The molecule has 0 amide bonds. The zero-order valence-corrected chi connectivity index (χ0v) is 32.4. The number of benzene rings is 2. The number of hydrogen-bond donors (Lipinski definition) is 0. The van der Waals surface area contributed by atoms with Crippen LogP contribution in [0.25, 0.3) is 0 Å². The third-order valence-electron chi connectivity index (χ3n) is 9.92. The van der Waals surface area contributed by atoms with Crippen LogP contribution in [0.2, 0.25) is 5.02 Å². The average molecular weight is 709 g/mol. The lowest BCUT2D eigenvalue weighted by Crippen LogP contribution is -2.52. The summed E-state index contributed by atoms with van der Waals surface area (Å²) in [5.41, 5.74) is 1.67. The fourth-order valence-electron chi connectivity index (χ4n) is 6.76. The molecule has 0 saturated heterocycles. The number of aliphatic imine (C=N–C) groups is 1. The quantitative estimate of drug-likeness (QED) is 0.108. The summed E-state index contributed by atoms with van der Waals surface area (Å²) in [6, 6.07) is 13.8. The summed E-state index contributed by atoms with van der Waals surface area (Å²) >= 11 is 6.06. The molecule has 1 aliphatic heterocycles. The number of fused-ring (bicyclic) bond motifs is 1. The molecule has 2 aliphatic rings. The highest BCUT2D eigenvalue weighted by atomic mass is 35.5. The maximum atomic E-state index is 6.62. The van der Waals surface area contributed by atoms with Crippen LogP contribution in [0.15, 0.2) is 71.1 Å². The molecular weight excluding hydrogens is 648 g/mol. The van der Waals surface area contributed by atoms with E-state index in [1.165, 1.54) is 5.56 Å². The van der Waals surface area contributed by atoms with Gasteiger partial charge < -0.3 is 33.6 Å². The minimum absolute atomic E-state index is 0.203. The van der Waals surface area contributed by atoms with Crippen molar-refractivity contribution >= 4 is 17.4 Å². The summed E-state index contributed by atoms with van der Waals surface area (Å²) in [7, 11) is 1.71. The minimum Gasteiger partial charge on any atom is -0.496 e. The van der Waals surface area contributed by atoms with E-state index in [-0.39, 0.29) is 6.04 Å². The number of amidine groups is 1. The Hall–Kier alpha value is -3.20. The molecule has 0 fully saturated rings. The van der Waals surface area contributed by atoms with Crippen LogP contribution in [0, 0.1) is 0 Å². The van der Waals surface area contributed by atoms with Crippen molar-refractivity contribution in [3.63, 3.8) is 0 Å². The normalized spacial score (nSPS) is 18.6. The van der Waals surface area contributed by atoms with E-state index in [1.54, 1.807) is 7.11 Å². The maximum Gasteiger partial charge on any atom is 0.136 e. The van der Waals surface area contributed by atoms with Crippen LogP contribution < -0.4 is 9.47 Å². The maximum absolute atomic E-state index is 6.62. The highest BCUT2D eigenvalue weighted by Crippen LogP contribution is 2.43. The predicted molar refractivity (Wildman–Crippen MR) is 207 cm³/mol. The van der Waals surface area contributed by atoms with Gasteiger partial charge in [-0.3, -0.25) is 4.99 Å². The van der Waals surface area contributed by atoms with Crippen LogP contribution >= 0.6 is 11.6 Å². The number of allylic oxidation sites excluding steroid dienone is 1. The third kappa shape index (κ3) is 10.4. The van der Waals surface area contributed by atoms with Gasteiger partial charge in [0.05, 0.1) is 38.0 Å². The number of hydrogen-bond acceptors (Lipinski definition) is 8. The molecule has 2 atom stereocenters. The van der Waals surface area contributed by atoms with E-state index in [4.69, 9.17) is 35.5 Å². The van der Waals surface area contributed by atoms with Gasteiger partial charge in [0.2, 0.25) is 0 Å². The van der Waals surface area contributed by atoms with Crippen LogP contribution in [-0.4, -0.2) is 105 Å². The molecule has 2 aromatic carbocycles. The van der Waals surface area contributed by atoms with Gasteiger partial charge in [-0.15, -0.1) is 0 Å². The molecule has 0 spiro atoms. The van der Waals surface area contributed by atoms with Crippen molar-refractivity contribution < 1.29 is 18.9 Å². The number of halogens is 1. The smallest absolute Gasteiger partial charge is 0.136 e. The Balaban J connectivity index is 1.59. The van der Waals surface area contributed by atoms with E-state index >= 15 is 0 Å². The highest BCUT2D eigenvalue weighted by Gasteiger charge is 2.50. The number of ether oxygens (including phenoxy) is 4. The first-order chi connectivity index (χ1) is 24.3. The van der Waals surface area contributed by atoms with Gasteiger partial charge in [0.15, 0.2) is 0 Å². The van der Waals surface area contributed by atoms with Gasteiger partial charge in [-0.05, 0) is 88.3 Å². The Morgan fingerprint density at radius 1 is 0.820 bits per heavy atom. The monoisotopic (exact) mass is 708 g/mol. The Kier molecular flexibility index (Phi) is 15.8. The molecule has 8 nitrogen and oxygen atoms in total. The second-order valence-corrected chi connectivity index (χ2v) is 13.7. The molecule has 0 saturated carbocycles. The van der Waals surface area contributed by atoms with E-state index < -0.39 is 5.54 Å². The third-order valence-corrected chi connectivity index (χ3v) is 10.2. The van der Waals surface area contributed by atoms with Gasteiger partial charge in [0, 0.05) is 43.2 Å². The number of methoxy groups -OCH3 is 1. The summed E-state index contributed by atoms with van der Waals surface area (Å²) in [6.45, 7) is 22.3. The first-order valence-electron chi connectivity index (χ1n) is 18.9. The molecule has 2 unspecified atom stereocenters. The van der Waals surface area contributed by atoms with Crippen molar-refractivity contribution in [1.82, 2.24) is 14.7 Å². The summed E-state index contributed by atoms with van der Waals surface area (Å²) in [6.07, 6.45) is 9.17. The molecule has 0 N–H and O–H groups in total. The minimum atomic E-state index is -0.458. The van der Waals surface area contributed by atoms with E-state index in [2.05, 4.69) is 74.5 Å². The molecule has 1 aliphatic carbocycles. The van der Waals surface area contributed by atoms with Crippen LogP contribution in [0.4, 0.5) is 0 Å². The lowest BCUT2D eigenvalue weighted by Gasteiger charge is -2.41. The number of unbranched alkanes of at least 4 members (excludes halogenated alkanes) is 1. The van der Waals surface area contributed by atoms with Crippen LogP contribution in [-0.2, 0) is 15.9 Å². The van der Waals surface area contributed by atoms with Gasteiger partial charge in [-0.2, -0.15) is 0 Å². The lowest BCUT2D eigenvalue weighted by molar-refractivity contribution is 0.128. The molecular formula is C41H61ClN4O4. The van der Waals surface area contributed by atoms with E-state index in [1.807, 2.05) is 36.4 Å². The highest BCUT2D eigenvalue weighted by molar-refractivity contribution is 6.30. The molecule has 50 heavy (non-hydrogen) atoms. The van der Waals surface area contributed by atoms with E-state index in [9.17, 15) is 0 Å². The standard InChI is InChI=1S/C41H61ClN4O4/c1-8-13-25-46-40(36-21-20-34(29-37(36)47-7)49-28-22-32-16-18-33(42)19-17-32)43-39-38(50-27-15-24-45(11-4)12-5)30-35(31-41(39,46)6)48-26-14-23-44(9-2)10-3/h16-21,29-31,39H,8-15,22-28H2,1-7H3. The zero-order valence-electron chi connectivity index (χ0n) is 31.7. The van der Waals surface area contributed by atoms with Crippen LogP contribution in [0.1, 0.15) is 78.4 Å². The predicted octanol–water partition coefficient (Wildman–Crippen LogP) is 8.24. The summed E-state index contributed by atoms with van der Waals surface area (Å²) in [4.78, 5) is 12.7. The van der Waals surface area contributed by atoms with Gasteiger partial charge >= 0.3 is 0 Å². The molecule has 0 bridgehead atoms. The van der Waals surface area contributed by atoms with Crippen molar-refractivity contribution in [2.24, 2.45) is 4.99 Å². The fraction of sp³-hybridized carbons (Fsp3) is 0.585. The van der Waals surface area contributed by atoms with Crippen molar-refractivity contribution in [2.45, 2.75) is 85.2 Å². The first kappa shape index (κ1) is 39.6. The molecule has 276 valence electrons. The van der Waals surface area contributed by atoms with Gasteiger partial charge in [-0.25, -0.2) is 0 Å². The number of rotatable bonds is 23. The second kappa shape index (κ2) is 20.0. The molecule has 2 aromatic rings. The Morgan fingerprint density at radius 2 is 1.48 bits per heavy atom. The average Bonchev–Trinajstić information content (AvgIpc) is 3.42. The van der Waals surface area contributed by atoms with Gasteiger partial charge in [0.25, 0.3) is 0 Å². The van der Waals surface area contributed by atoms with Crippen molar-refractivity contribution in [3.8, 4) is 11.5 Å². The van der Waals surface area contributed by atoms with Crippen LogP contribution in [0.5, 0.6) is 11.5 Å². The fourth-order valence-corrected chi connectivity index (χ4v) is 6.88. The molecule has 4 rings (SSSR count). The SMILES string of the molecule is CCCCN1C(c2ccc(OCCc3ccc(Cl)cc3)cc2OC)=NC2C(OCCCN(CC)CC)=CC(OCCCN(CC)CC)=CC21C. The van der Waals surface area contributed by atoms with E-state index in [0.29, 0.717) is 19.8 Å². The Morgan fingerprint density at radius 3 is 2.10 bits per heavy atom. The van der Waals surface area contributed by atoms with Crippen molar-refractivity contribution in [1.29, 1.82) is 0 Å². The van der Waals surface area contributed by atoms with Crippen molar-refractivity contribution in [3.05, 3.63) is 82.3 Å². The summed E-state index contributed by atoms with van der Waals surface area (Å²) < 4.78 is 25.3. The second-order valence-electron chi connectivity index (χ2n) is 13.2. The number of nitrogens with zero attached hydrogens (tertiary/aromatic N) is 4. The molecule has 9 heteroatoms. The first-order valence-corrected chi connectivity index (χ1v) is 19.2. The van der Waals surface area contributed by atoms with Gasteiger partial charge in [-0.1, -0.05) is 64.8 Å². The molecule has 0 radical (unpaired) electrons. The Labute approximate surface area is 307 Å². The topological polar surface area (TPSA) is 59.0 Å². The molecule has 0 aromatic heterocycles. The lowest BCUT2D eigenvalue weighted by atomic mass is 9.85. The van der Waals surface area contributed by atoms with Gasteiger partial charge in [0.1, 0.15) is 34.9 Å².